The molecule has 1 aromatic rings. The fourth-order valence-electron chi connectivity index (χ4n) is 1.74. The highest BCUT2D eigenvalue weighted by Crippen LogP contribution is 2.21. The quantitative estimate of drug-likeness (QED) is 0.669. The van der Waals surface area contributed by atoms with Gasteiger partial charge in [0.15, 0.2) is 0 Å². The van der Waals surface area contributed by atoms with Gasteiger partial charge in [-0.1, -0.05) is 24.3 Å². The number of amides is 1. The summed E-state index contributed by atoms with van der Waals surface area (Å²) in [4.78, 5) is 22.1. The Morgan fingerprint density at radius 3 is 2.86 bits per heavy atom. The normalized spacial score (nSPS) is 20.6. The van der Waals surface area contributed by atoms with Gasteiger partial charge in [-0.25, -0.2) is 0 Å². The van der Waals surface area contributed by atoms with E-state index in [4.69, 9.17) is 0 Å². The van der Waals surface area contributed by atoms with E-state index in [1.54, 1.807) is 0 Å². The van der Waals surface area contributed by atoms with Crippen molar-refractivity contribution in [3.63, 3.8) is 0 Å². The lowest BCUT2D eigenvalue weighted by atomic mass is 10.00. The van der Waals surface area contributed by atoms with E-state index in [-0.39, 0.29) is 5.91 Å². The molecule has 1 amide bonds. The summed E-state index contributed by atoms with van der Waals surface area (Å²) in [5.41, 5.74) is 2.01. The standard InChI is InChI=1S/C11H11NO2/c13-7-10-9-4-2-1-3-8(9)5-6-11(14)12-10/h1-4,7,10H,5-6H2,(H,12,14). The molecule has 0 saturated heterocycles. The summed E-state index contributed by atoms with van der Waals surface area (Å²) in [5, 5.41) is 2.68. The number of hydrogen-bond acceptors (Lipinski definition) is 2. The van der Waals surface area contributed by atoms with Crippen molar-refractivity contribution < 1.29 is 9.59 Å². The van der Waals surface area contributed by atoms with Crippen LogP contribution in [0.15, 0.2) is 24.3 Å². The molecule has 14 heavy (non-hydrogen) atoms. The molecule has 1 N–H and O–H groups in total. The molecule has 0 aromatic heterocycles. The fraction of sp³-hybridized carbons (Fsp3) is 0.273. The largest absolute Gasteiger partial charge is 0.342 e. The number of nitrogens with one attached hydrogen (secondary N) is 1. The number of carbonyl (C=O) groups excluding carboxylic acids is 2. The molecule has 0 aliphatic carbocycles. The molecular weight excluding hydrogens is 178 g/mol. The minimum atomic E-state index is -0.471. The Bertz CT molecular complexity index is 373. The Morgan fingerprint density at radius 2 is 2.07 bits per heavy atom. The third-order valence-corrected chi connectivity index (χ3v) is 2.46. The summed E-state index contributed by atoms with van der Waals surface area (Å²) < 4.78 is 0. The van der Waals surface area contributed by atoms with E-state index >= 15 is 0 Å². The zero-order chi connectivity index (χ0) is 9.97. The molecule has 2 rings (SSSR count). The maximum absolute atomic E-state index is 11.3. The van der Waals surface area contributed by atoms with Gasteiger partial charge in [0.2, 0.25) is 5.91 Å². The first-order valence-corrected chi connectivity index (χ1v) is 4.63. The van der Waals surface area contributed by atoms with Gasteiger partial charge in [-0.3, -0.25) is 4.79 Å². The molecule has 1 aromatic carbocycles. The van der Waals surface area contributed by atoms with E-state index in [1.165, 1.54) is 0 Å². The number of rotatable bonds is 1. The first-order valence-electron chi connectivity index (χ1n) is 4.63. The van der Waals surface area contributed by atoms with Crippen LogP contribution in [0.3, 0.4) is 0 Å². The van der Waals surface area contributed by atoms with Crippen LogP contribution < -0.4 is 5.32 Å². The molecule has 1 heterocycles. The zero-order valence-electron chi connectivity index (χ0n) is 7.69. The fourth-order valence-corrected chi connectivity index (χ4v) is 1.74. The van der Waals surface area contributed by atoms with Crippen molar-refractivity contribution in [1.82, 2.24) is 5.32 Å². The second-order valence-corrected chi connectivity index (χ2v) is 3.38. The summed E-state index contributed by atoms with van der Waals surface area (Å²) in [5.74, 6) is -0.0571. The van der Waals surface area contributed by atoms with Gasteiger partial charge in [-0.15, -0.1) is 0 Å². The topological polar surface area (TPSA) is 46.2 Å². The highest BCUT2D eigenvalue weighted by Gasteiger charge is 2.20. The van der Waals surface area contributed by atoms with Crippen LogP contribution in [0.1, 0.15) is 23.6 Å². The van der Waals surface area contributed by atoms with E-state index in [9.17, 15) is 9.59 Å². The van der Waals surface area contributed by atoms with E-state index in [1.807, 2.05) is 24.3 Å². The van der Waals surface area contributed by atoms with Crippen molar-refractivity contribution in [1.29, 1.82) is 0 Å². The molecule has 72 valence electrons. The van der Waals surface area contributed by atoms with Crippen LogP contribution in [0.25, 0.3) is 0 Å². The number of aryl methyl sites for hydroxylation is 1. The van der Waals surface area contributed by atoms with Crippen molar-refractivity contribution >= 4 is 12.2 Å². The predicted molar refractivity (Wildman–Crippen MR) is 51.7 cm³/mol. The Balaban J connectivity index is 2.44. The van der Waals surface area contributed by atoms with Crippen LogP contribution in [0.4, 0.5) is 0 Å². The molecule has 0 radical (unpaired) electrons. The molecule has 0 saturated carbocycles. The number of aldehydes is 1. The molecule has 0 fully saturated rings. The highest BCUT2D eigenvalue weighted by molar-refractivity contribution is 5.81. The zero-order valence-corrected chi connectivity index (χ0v) is 7.69. The summed E-state index contributed by atoms with van der Waals surface area (Å²) in [6, 6.07) is 7.19. The van der Waals surface area contributed by atoms with Crippen LogP contribution in [0, 0.1) is 0 Å². The molecule has 0 bridgehead atoms. The average Bonchev–Trinajstić information content (AvgIpc) is 2.38. The predicted octanol–water partition coefficient (Wildman–Crippen LogP) is 0.989. The Labute approximate surface area is 82.1 Å². The molecule has 3 nitrogen and oxygen atoms in total. The average molecular weight is 189 g/mol. The van der Waals surface area contributed by atoms with Gasteiger partial charge in [0.05, 0.1) is 0 Å². The molecule has 1 aliphatic rings. The minimum absolute atomic E-state index is 0.0571. The van der Waals surface area contributed by atoms with Crippen molar-refractivity contribution in [2.75, 3.05) is 0 Å². The first-order chi connectivity index (χ1) is 6.81. The smallest absolute Gasteiger partial charge is 0.221 e. The van der Waals surface area contributed by atoms with E-state index in [0.717, 1.165) is 17.4 Å². The van der Waals surface area contributed by atoms with Crippen LogP contribution in [-0.2, 0) is 16.0 Å². The molecule has 1 unspecified atom stereocenters. The van der Waals surface area contributed by atoms with Crippen LogP contribution in [0.5, 0.6) is 0 Å². The lowest BCUT2D eigenvalue weighted by molar-refractivity contribution is -0.123. The number of hydrogen-bond donors (Lipinski definition) is 1. The Kier molecular flexibility index (Phi) is 2.31. The van der Waals surface area contributed by atoms with Crippen molar-refractivity contribution in [2.24, 2.45) is 0 Å². The summed E-state index contributed by atoms with van der Waals surface area (Å²) >= 11 is 0. The second kappa shape index (κ2) is 3.62. The highest BCUT2D eigenvalue weighted by atomic mass is 16.2. The third kappa shape index (κ3) is 1.53. The molecule has 0 spiro atoms. The Hall–Kier alpha value is -1.64. The second-order valence-electron chi connectivity index (χ2n) is 3.38. The summed E-state index contributed by atoms with van der Waals surface area (Å²) in [6.07, 6.45) is 1.95. The van der Waals surface area contributed by atoms with Crippen LogP contribution >= 0.6 is 0 Å². The van der Waals surface area contributed by atoms with Gasteiger partial charge in [0.1, 0.15) is 12.3 Å². The molecule has 1 atom stereocenters. The van der Waals surface area contributed by atoms with Gasteiger partial charge in [0, 0.05) is 6.42 Å². The maximum Gasteiger partial charge on any atom is 0.221 e. The number of fused-ring (bicyclic) bond motifs is 1. The van der Waals surface area contributed by atoms with Crippen molar-refractivity contribution in [3.8, 4) is 0 Å². The molecule has 1 aliphatic heterocycles. The van der Waals surface area contributed by atoms with Crippen molar-refractivity contribution in [2.45, 2.75) is 18.9 Å². The van der Waals surface area contributed by atoms with Gasteiger partial charge in [-0.2, -0.15) is 0 Å². The third-order valence-electron chi connectivity index (χ3n) is 2.46. The monoisotopic (exact) mass is 189 g/mol. The van der Waals surface area contributed by atoms with E-state index < -0.39 is 6.04 Å². The van der Waals surface area contributed by atoms with Crippen LogP contribution in [-0.4, -0.2) is 12.2 Å². The van der Waals surface area contributed by atoms with E-state index in [2.05, 4.69) is 5.32 Å². The first kappa shape index (κ1) is 8.94. The van der Waals surface area contributed by atoms with Gasteiger partial charge >= 0.3 is 0 Å². The summed E-state index contributed by atoms with van der Waals surface area (Å²) in [6.45, 7) is 0. The number of carbonyl (C=O) groups is 2. The Morgan fingerprint density at radius 1 is 1.29 bits per heavy atom. The van der Waals surface area contributed by atoms with Crippen LogP contribution in [0.2, 0.25) is 0 Å². The maximum atomic E-state index is 11.3. The SMILES string of the molecule is O=CC1NC(=O)CCc2ccccc21. The molecular formula is C11H11NO2. The minimum Gasteiger partial charge on any atom is -0.342 e. The van der Waals surface area contributed by atoms with Crippen molar-refractivity contribution in [3.05, 3.63) is 35.4 Å². The van der Waals surface area contributed by atoms with Gasteiger partial charge in [-0.05, 0) is 17.5 Å². The van der Waals surface area contributed by atoms with Gasteiger partial charge in [0.25, 0.3) is 0 Å². The molecule has 3 heteroatoms. The lowest BCUT2D eigenvalue weighted by Gasteiger charge is -2.11. The van der Waals surface area contributed by atoms with E-state index in [0.29, 0.717) is 12.8 Å². The van der Waals surface area contributed by atoms with Gasteiger partial charge < -0.3 is 10.1 Å². The number of benzene rings is 1. The lowest BCUT2D eigenvalue weighted by Crippen LogP contribution is -2.27. The summed E-state index contributed by atoms with van der Waals surface area (Å²) in [7, 11) is 0.